The van der Waals surface area contributed by atoms with Gasteiger partial charge in [-0.15, -0.1) is 0 Å². The van der Waals surface area contributed by atoms with Crippen LogP contribution in [0.2, 0.25) is 0 Å². The molecule has 1 aliphatic heterocycles. The first-order valence-corrected chi connectivity index (χ1v) is 8.04. The first-order valence-electron chi connectivity index (χ1n) is 8.04. The standard InChI is InChI=1S/C16H25N3O2/c20-16(18-9-15-4-2-8-21-15)12-19(10-13-5-6-13)11-14-3-1-7-17-14/h2,4,8,13-14,17H,1,3,5-7,9-12H2,(H,18,20). The topological polar surface area (TPSA) is 57.5 Å². The highest BCUT2D eigenvalue weighted by atomic mass is 16.3. The summed E-state index contributed by atoms with van der Waals surface area (Å²) in [6, 6.07) is 4.28. The zero-order valence-corrected chi connectivity index (χ0v) is 12.5. The van der Waals surface area contributed by atoms with Crippen molar-refractivity contribution in [2.24, 2.45) is 5.92 Å². The Labute approximate surface area is 126 Å². The van der Waals surface area contributed by atoms with Crippen LogP contribution >= 0.6 is 0 Å². The predicted octanol–water partition coefficient (Wildman–Crippen LogP) is 1.36. The van der Waals surface area contributed by atoms with E-state index in [1.165, 1.54) is 25.7 Å². The second-order valence-corrected chi connectivity index (χ2v) is 6.29. The minimum absolute atomic E-state index is 0.0880. The van der Waals surface area contributed by atoms with E-state index in [0.717, 1.165) is 31.3 Å². The summed E-state index contributed by atoms with van der Waals surface area (Å²) in [5.41, 5.74) is 0. The number of hydrogen-bond donors (Lipinski definition) is 2. The zero-order chi connectivity index (χ0) is 14.5. The smallest absolute Gasteiger partial charge is 0.234 e. The van der Waals surface area contributed by atoms with Gasteiger partial charge in [0.1, 0.15) is 5.76 Å². The molecule has 0 aromatic carbocycles. The Hall–Kier alpha value is -1.33. The molecular weight excluding hydrogens is 266 g/mol. The van der Waals surface area contributed by atoms with Crippen LogP contribution in [0, 0.1) is 5.92 Å². The highest BCUT2D eigenvalue weighted by Gasteiger charge is 2.27. The molecule has 3 rings (SSSR count). The highest BCUT2D eigenvalue weighted by molar-refractivity contribution is 5.77. The second-order valence-electron chi connectivity index (χ2n) is 6.29. The number of furan rings is 1. The van der Waals surface area contributed by atoms with E-state index in [2.05, 4.69) is 15.5 Å². The molecule has 21 heavy (non-hydrogen) atoms. The Bertz CT molecular complexity index is 436. The number of nitrogens with zero attached hydrogens (tertiary/aromatic N) is 1. The molecule has 2 N–H and O–H groups in total. The molecule has 2 fully saturated rings. The van der Waals surface area contributed by atoms with Crippen molar-refractivity contribution in [3.8, 4) is 0 Å². The van der Waals surface area contributed by atoms with Gasteiger partial charge in [-0.05, 0) is 50.3 Å². The van der Waals surface area contributed by atoms with Crippen molar-refractivity contribution in [1.82, 2.24) is 15.5 Å². The van der Waals surface area contributed by atoms with E-state index in [1.54, 1.807) is 6.26 Å². The molecule has 1 aromatic rings. The second kappa shape index (κ2) is 7.09. The molecule has 0 radical (unpaired) electrons. The molecule has 1 saturated heterocycles. The Morgan fingerprint density at radius 3 is 2.95 bits per heavy atom. The molecule has 116 valence electrons. The predicted molar refractivity (Wildman–Crippen MR) is 80.7 cm³/mol. The molecule has 0 spiro atoms. The molecule has 1 atom stereocenters. The van der Waals surface area contributed by atoms with E-state index < -0.39 is 0 Å². The van der Waals surface area contributed by atoms with Crippen LogP contribution in [0.15, 0.2) is 22.8 Å². The Morgan fingerprint density at radius 1 is 1.38 bits per heavy atom. The fourth-order valence-electron chi connectivity index (χ4n) is 2.95. The van der Waals surface area contributed by atoms with E-state index >= 15 is 0 Å². The summed E-state index contributed by atoms with van der Waals surface area (Å²) >= 11 is 0. The van der Waals surface area contributed by atoms with Crippen LogP contribution in [-0.2, 0) is 11.3 Å². The van der Waals surface area contributed by atoms with Crippen LogP contribution in [0.1, 0.15) is 31.4 Å². The van der Waals surface area contributed by atoms with Crippen LogP contribution in [0.3, 0.4) is 0 Å². The van der Waals surface area contributed by atoms with Gasteiger partial charge < -0.3 is 15.1 Å². The molecule has 1 unspecified atom stereocenters. The average Bonchev–Trinajstić information content (AvgIpc) is 2.95. The lowest BCUT2D eigenvalue weighted by Gasteiger charge is -2.25. The van der Waals surface area contributed by atoms with Crippen LogP contribution in [0.5, 0.6) is 0 Å². The van der Waals surface area contributed by atoms with E-state index in [1.807, 2.05) is 12.1 Å². The average molecular weight is 291 g/mol. The largest absolute Gasteiger partial charge is 0.467 e. The molecule has 1 amide bonds. The molecule has 2 heterocycles. The molecule has 1 aliphatic carbocycles. The number of amides is 1. The summed E-state index contributed by atoms with van der Waals surface area (Å²) in [7, 11) is 0. The Balaban J connectivity index is 1.44. The zero-order valence-electron chi connectivity index (χ0n) is 12.5. The molecule has 0 bridgehead atoms. The van der Waals surface area contributed by atoms with E-state index in [-0.39, 0.29) is 5.91 Å². The van der Waals surface area contributed by atoms with Crippen molar-refractivity contribution in [3.05, 3.63) is 24.2 Å². The summed E-state index contributed by atoms with van der Waals surface area (Å²) in [6.45, 7) is 4.14. The number of carbonyl (C=O) groups excluding carboxylic acids is 1. The summed E-state index contributed by atoms with van der Waals surface area (Å²) in [4.78, 5) is 14.4. The van der Waals surface area contributed by atoms with Gasteiger partial charge in [0.05, 0.1) is 19.4 Å². The maximum Gasteiger partial charge on any atom is 0.234 e. The van der Waals surface area contributed by atoms with Crippen LogP contribution in [0.25, 0.3) is 0 Å². The summed E-state index contributed by atoms with van der Waals surface area (Å²) in [5, 5.41) is 6.46. The first-order chi connectivity index (χ1) is 10.3. The summed E-state index contributed by atoms with van der Waals surface area (Å²) < 4.78 is 5.23. The third-order valence-electron chi connectivity index (χ3n) is 4.26. The maximum absolute atomic E-state index is 12.1. The lowest BCUT2D eigenvalue weighted by atomic mass is 10.2. The van der Waals surface area contributed by atoms with Crippen molar-refractivity contribution in [3.63, 3.8) is 0 Å². The van der Waals surface area contributed by atoms with E-state index in [0.29, 0.717) is 19.1 Å². The quantitative estimate of drug-likeness (QED) is 0.759. The van der Waals surface area contributed by atoms with Gasteiger partial charge in [0.15, 0.2) is 0 Å². The lowest BCUT2D eigenvalue weighted by molar-refractivity contribution is -0.122. The Morgan fingerprint density at radius 2 is 2.29 bits per heavy atom. The van der Waals surface area contributed by atoms with Crippen LogP contribution in [-0.4, -0.2) is 43.0 Å². The minimum Gasteiger partial charge on any atom is -0.467 e. The molecule has 1 aromatic heterocycles. The van der Waals surface area contributed by atoms with Crippen LogP contribution < -0.4 is 10.6 Å². The SMILES string of the molecule is O=C(CN(CC1CC1)CC1CCCN1)NCc1ccco1. The van der Waals surface area contributed by atoms with Crippen molar-refractivity contribution in [1.29, 1.82) is 0 Å². The third kappa shape index (κ3) is 4.86. The normalized spacial score (nSPS) is 21.9. The third-order valence-corrected chi connectivity index (χ3v) is 4.26. The molecule has 1 saturated carbocycles. The van der Waals surface area contributed by atoms with E-state index in [4.69, 9.17) is 4.42 Å². The maximum atomic E-state index is 12.1. The van der Waals surface area contributed by atoms with Crippen molar-refractivity contribution in [2.45, 2.75) is 38.3 Å². The van der Waals surface area contributed by atoms with Crippen molar-refractivity contribution >= 4 is 5.91 Å². The lowest BCUT2D eigenvalue weighted by Crippen LogP contribution is -2.43. The summed E-state index contributed by atoms with van der Waals surface area (Å²) in [5.74, 6) is 1.70. The molecule has 5 nitrogen and oxygen atoms in total. The Kier molecular flexibility index (Phi) is 4.93. The van der Waals surface area contributed by atoms with Gasteiger partial charge in [0.2, 0.25) is 5.91 Å². The molecule has 5 heteroatoms. The van der Waals surface area contributed by atoms with Crippen LogP contribution in [0.4, 0.5) is 0 Å². The molecule has 2 aliphatic rings. The molecular formula is C16H25N3O2. The monoisotopic (exact) mass is 291 g/mol. The van der Waals surface area contributed by atoms with Gasteiger partial charge in [-0.1, -0.05) is 0 Å². The van der Waals surface area contributed by atoms with Gasteiger partial charge in [0.25, 0.3) is 0 Å². The van der Waals surface area contributed by atoms with Gasteiger partial charge >= 0.3 is 0 Å². The van der Waals surface area contributed by atoms with E-state index in [9.17, 15) is 4.79 Å². The van der Waals surface area contributed by atoms with Gasteiger partial charge in [0, 0.05) is 19.1 Å². The van der Waals surface area contributed by atoms with Gasteiger partial charge in [-0.25, -0.2) is 0 Å². The fraction of sp³-hybridized carbons (Fsp3) is 0.688. The number of carbonyl (C=O) groups is 1. The van der Waals surface area contributed by atoms with Crippen molar-refractivity contribution in [2.75, 3.05) is 26.2 Å². The summed E-state index contributed by atoms with van der Waals surface area (Å²) in [6.07, 6.45) is 6.76. The van der Waals surface area contributed by atoms with Crippen molar-refractivity contribution < 1.29 is 9.21 Å². The minimum atomic E-state index is 0.0880. The number of hydrogen-bond acceptors (Lipinski definition) is 4. The fourth-order valence-corrected chi connectivity index (χ4v) is 2.95. The van der Waals surface area contributed by atoms with Gasteiger partial charge in [-0.3, -0.25) is 9.69 Å². The first kappa shape index (κ1) is 14.6. The highest BCUT2D eigenvalue weighted by Crippen LogP contribution is 2.29. The number of nitrogens with one attached hydrogen (secondary N) is 2. The number of rotatable bonds is 8. The van der Waals surface area contributed by atoms with Gasteiger partial charge in [-0.2, -0.15) is 0 Å².